The fourth-order valence-electron chi connectivity index (χ4n) is 0.617. The Bertz CT molecular complexity index is 229. The van der Waals surface area contributed by atoms with Crippen LogP contribution < -0.4 is 0 Å². The van der Waals surface area contributed by atoms with Crippen LogP contribution in [0.1, 0.15) is 27.7 Å². The van der Waals surface area contributed by atoms with E-state index in [4.69, 9.17) is 32.5 Å². The fourth-order valence-corrected chi connectivity index (χ4v) is 1.66. The van der Waals surface area contributed by atoms with E-state index in [0.717, 1.165) is 0 Å². The second-order valence-electron chi connectivity index (χ2n) is 3.41. The average molecular weight is 276 g/mol. The van der Waals surface area contributed by atoms with Gasteiger partial charge in [0.25, 0.3) is 0 Å². The lowest BCUT2D eigenvalue weighted by molar-refractivity contribution is -0.146. The second kappa shape index (κ2) is 6.00. The van der Waals surface area contributed by atoms with Crippen LogP contribution in [0.15, 0.2) is 0 Å². The summed E-state index contributed by atoms with van der Waals surface area (Å²) in [6, 6.07) is 0. The summed E-state index contributed by atoms with van der Waals surface area (Å²) in [5, 5.41) is 0. The highest BCUT2D eigenvalue weighted by atomic mass is 35.5. The average Bonchev–Trinajstić information content (AvgIpc) is 2.01. The third-order valence-electron chi connectivity index (χ3n) is 1.12. The molecule has 1 atom stereocenters. The van der Waals surface area contributed by atoms with Crippen LogP contribution in [-0.4, -0.2) is 22.3 Å². The van der Waals surface area contributed by atoms with E-state index < -0.39 is 18.1 Å². The highest BCUT2D eigenvalue weighted by Crippen LogP contribution is 2.48. The molecule has 0 saturated heterocycles. The fraction of sp³-hybridized carbons (Fsp3) is 0.875. The summed E-state index contributed by atoms with van der Waals surface area (Å²) < 4.78 is 18.9. The van der Waals surface area contributed by atoms with E-state index in [2.05, 4.69) is 0 Å². The molecule has 0 aromatic carbocycles. The first-order valence-electron chi connectivity index (χ1n) is 4.41. The van der Waals surface area contributed by atoms with Gasteiger partial charge in [0, 0.05) is 0 Å². The Kier molecular flexibility index (Phi) is 6.04. The molecule has 0 heterocycles. The predicted molar refractivity (Wildman–Crippen MR) is 59.5 cm³/mol. The molecule has 0 radical (unpaired) electrons. The molecule has 0 aliphatic heterocycles. The number of carbonyl (C=O) groups excluding carboxylic acids is 1. The van der Waals surface area contributed by atoms with Crippen LogP contribution in [0.3, 0.4) is 0 Å². The Hall–Kier alpha value is 0.110. The van der Waals surface area contributed by atoms with Crippen LogP contribution >= 0.6 is 31.2 Å². The van der Waals surface area contributed by atoms with E-state index >= 15 is 0 Å². The van der Waals surface area contributed by atoms with Gasteiger partial charge in [-0.05, 0) is 55.5 Å². The molecule has 0 aliphatic rings. The summed E-state index contributed by atoms with van der Waals surface area (Å²) in [5.41, 5.74) is 0. The minimum absolute atomic E-state index is 0.336. The van der Waals surface area contributed by atoms with Crippen molar-refractivity contribution in [2.24, 2.45) is 0 Å². The van der Waals surface area contributed by atoms with Crippen molar-refractivity contribution in [2.45, 2.75) is 44.0 Å². The molecule has 0 aromatic heterocycles. The molecule has 0 rings (SSSR count). The third kappa shape index (κ3) is 5.12. The van der Waals surface area contributed by atoms with Crippen LogP contribution in [-0.2, 0) is 18.6 Å². The van der Waals surface area contributed by atoms with Crippen molar-refractivity contribution in [2.75, 3.05) is 0 Å². The highest BCUT2D eigenvalue weighted by molar-refractivity contribution is 7.48. The number of ether oxygens (including phenoxy) is 1. The summed E-state index contributed by atoms with van der Waals surface area (Å²) >= 11 is 11.2. The first-order chi connectivity index (χ1) is 6.67. The van der Waals surface area contributed by atoms with Gasteiger partial charge >= 0.3 is 18.1 Å². The van der Waals surface area contributed by atoms with Crippen molar-refractivity contribution >= 4 is 37.2 Å². The van der Waals surface area contributed by atoms with Crippen molar-refractivity contribution in [3.63, 3.8) is 0 Å². The van der Waals surface area contributed by atoms with Gasteiger partial charge in [-0.25, -0.2) is 4.79 Å². The van der Waals surface area contributed by atoms with Crippen LogP contribution in [0.2, 0.25) is 0 Å². The van der Waals surface area contributed by atoms with E-state index in [-0.39, 0.29) is 12.2 Å². The zero-order valence-corrected chi connectivity index (χ0v) is 11.4. The number of alkyl halides is 2. The van der Waals surface area contributed by atoms with Crippen molar-refractivity contribution < 1.29 is 18.6 Å². The molecule has 0 spiro atoms. The maximum Gasteiger partial charge on any atom is 0.560 e. The molecule has 7 heteroatoms. The van der Waals surface area contributed by atoms with Crippen LogP contribution in [0.4, 0.5) is 0 Å². The Morgan fingerprint density at radius 3 is 2.00 bits per heavy atom. The molecule has 0 fully saturated rings. The Morgan fingerprint density at radius 2 is 1.67 bits per heavy atom. The number of hydrogen-bond acceptors (Lipinski definition) is 4. The summed E-state index contributed by atoms with van der Waals surface area (Å²) in [6.45, 7) is 6.59. The monoisotopic (exact) mass is 275 g/mol. The molecule has 15 heavy (non-hydrogen) atoms. The van der Waals surface area contributed by atoms with Gasteiger partial charge in [0.15, 0.2) is 0 Å². The predicted octanol–water partition coefficient (Wildman–Crippen LogP) is 3.24. The van der Waals surface area contributed by atoms with E-state index in [9.17, 15) is 9.36 Å². The number of carbonyl (C=O) groups is 1. The maximum absolute atomic E-state index is 11.5. The second-order valence-corrected chi connectivity index (χ2v) is 6.66. The Morgan fingerprint density at radius 1 is 1.20 bits per heavy atom. The van der Waals surface area contributed by atoms with E-state index in [1.54, 1.807) is 27.7 Å². The lowest BCUT2D eigenvalue weighted by Crippen LogP contribution is -2.28. The zero-order valence-electron chi connectivity index (χ0n) is 8.99. The van der Waals surface area contributed by atoms with E-state index in [1.165, 1.54) is 0 Å². The van der Waals surface area contributed by atoms with Crippen molar-refractivity contribution in [3.8, 4) is 0 Å². The molecule has 4 nitrogen and oxygen atoms in total. The Labute approximate surface area is 100 Å². The normalized spacial score (nSPS) is 13.2. The molecular formula is C8H14Cl2O4P+. The molecule has 0 bridgehead atoms. The van der Waals surface area contributed by atoms with Crippen LogP contribution in [0.5, 0.6) is 0 Å². The molecule has 0 saturated carbocycles. The summed E-state index contributed by atoms with van der Waals surface area (Å²) in [7, 11) is -2.53. The van der Waals surface area contributed by atoms with Gasteiger partial charge in [-0.3, -0.25) is 0 Å². The largest absolute Gasteiger partial charge is 0.560 e. The molecule has 1 unspecified atom stereocenters. The lowest BCUT2D eigenvalue weighted by atomic mass is 10.5. The number of halogens is 2. The number of hydrogen-bond donors (Lipinski definition) is 0. The van der Waals surface area contributed by atoms with Gasteiger partial charge < -0.3 is 4.74 Å². The molecule has 0 aliphatic carbocycles. The van der Waals surface area contributed by atoms with Crippen LogP contribution in [0, 0.1) is 0 Å². The molecular weight excluding hydrogens is 262 g/mol. The zero-order chi connectivity index (χ0) is 12.2. The lowest BCUT2D eigenvalue weighted by Gasteiger charge is -2.11. The quantitative estimate of drug-likeness (QED) is 0.439. The Balaban J connectivity index is 4.51. The molecule has 0 N–H and O–H groups in total. The third-order valence-corrected chi connectivity index (χ3v) is 3.52. The van der Waals surface area contributed by atoms with Crippen molar-refractivity contribution in [3.05, 3.63) is 0 Å². The van der Waals surface area contributed by atoms with Crippen LogP contribution in [0.25, 0.3) is 0 Å². The SMILES string of the molecule is CC(C)OC(=O)C(Cl)(Cl)[P+](=O)OC(C)C. The van der Waals surface area contributed by atoms with Crippen molar-refractivity contribution in [1.29, 1.82) is 0 Å². The maximum atomic E-state index is 11.5. The van der Waals surface area contributed by atoms with Crippen molar-refractivity contribution in [1.82, 2.24) is 0 Å². The summed E-state index contributed by atoms with van der Waals surface area (Å²) in [6.07, 6.45) is -0.714. The number of esters is 1. The van der Waals surface area contributed by atoms with Gasteiger partial charge in [0.1, 0.15) is 6.10 Å². The van der Waals surface area contributed by atoms with Gasteiger partial charge in [-0.2, -0.15) is 0 Å². The minimum atomic E-state index is -2.53. The molecule has 0 aromatic rings. The first-order valence-corrected chi connectivity index (χ1v) is 6.34. The highest BCUT2D eigenvalue weighted by Gasteiger charge is 2.58. The van der Waals surface area contributed by atoms with Gasteiger partial charge in [-0.15, -0.1) is 4.52 Å². The first kappa shape index (κ1) is 15.1. The van der Waals surface area contributed by atoms with Gasteiger partial charge in [-0.1, -0.05) is 0 Å². The molecule has 88 valence electrons. The minimum Gasteiger partial charge on any atom is -0.457 e. The van der Waals surface area contributed by atoms with E-state index in [0.29, 0.717) is 0 Å². The number of rotatable bonds is 5. The topological polar surface area (TPSA) is 52.6 Å². The standard InChI is InChI=1S/C8H14Cl2O4P/c1-5(2)13-7(11)8(9,10)15(12)14-6(3)4/h5-6H,1-4H3/q+1. The van der Waals surface area contributed by atoms with Gasteiger partial charge in [0.05, 0.1) is 6.10 Å². The molecule has 0 amide bonds. The summed E-state index contributed by atoms with van der Waals surface area (Å²) in [5.74, 6) is -0.956. The van der Waals surface area contributed by atoms with Gasteiger partial charge in [0.2, 0.25) is 0 Å². The summed E-state index contributed by atoms with van der Waals surface area (Å²) in [4.78, 5) is 11.3. The van der Waals surface area contributed by atoms with E-state index in [1.807, 2.05) is 0 Å². The smallest absolute Gasteiger partial charge is 0.457 e.